The number of H-pyrrole nitrogens is 1. The number of amides is 1. The van der Waals surface area contributed by atoms with E-state index in [4.69, 9.17) is 0 Å². The summed E-state index contributed by atoms with van der Waals surface area (Å²) in [6, 6.07) is 7.66. The standard InChI is InChI=1S/C20H26N4O4S2/c1-2-6-16-13-18(25)23-20(22-16)29-14-19(26)21-15-7-9-17(10-8-15)30(27,28)24-11-4-3-5-12-24/h7-10,13H,2-6,11-12,14H2,1H3,(H,21,26)(H,22,23,25). The van der Waals surface area contributed by atoms with Crippen molar-refractivity contribution in [2.24, 2.45) is 0 Å². The molecule has 1 aromatic carbocycles. The lowest BCUT2D eigenvalue weighted by Crippen LogP contribution is -2.35. The van der Waals surface area contributed by atoms with Crippen molar-refractivity contribution < 1.29 is 13.2 Å². The first-order chi connectivity index (χ1) is 14.4. The molecule has 0 atom stereocenters. The van der Waals surface area contributed by atoms with E-state index in [1.807, 2.05) is 6.92 Å². The van der Waals surface area contributed by atoms with Gasteiger partial charge in [0.05, 0.1) is 10.6 Å². The van der Waals surface area contributed by atoms with Crippen LogP contribution in [-0.2, 0) is 21.2 Å². The zero-order chi connectivity index (χ0) is 21.6. The third-order valence-corrected chi connectivity index (χ3v) is 7.50. The van der Waals surface area contributed by atoms with Crippen molar-refractivity contribution in [1.29, 1.82) is 0 Å². The molecule has 10 heteroatoms. The van der Waals surface area contributed by atoms with Crippen molar-refractivity contribution in [2.45, 2.75) is 49.1 Å². The zero-order valence-electron chi connectivity index (χ0n) is 16.9. The highest BCUT2D eigenvalue weighted by Crippen LogP contribution is 2.22. The Morgan fingerprint density at radius 2 is 1.90 bits per heavy atom. The van der Waals surface area contributed by atoms with Crippen molar-refractivity contribution >= 4 is 33.4 Å². The number of sulfonamides is 1. The van der Waals surface area contributed by atoms with E-state index in [9.17, 15) is 18.0 Å². The number of aryl methyl sites for hydroxylation is 1. The molecule has 2 N–H and O–H groups in total. The molecule has 1 fully saturated rings. The molecule has 0 saturated carbocycles. The maximum absolute atomic E-state index is 12.7. The Hall–Kier alpha value is -2.17. The van der Waals surface area contributed by atoms with Crippen LogP contribution in [0.3, 0.4) is 0 Å². The number of piperidine rings is 1. The van der Waals surface area contributed by atoms with Gasteiger partial charge in [-0.3, -0.25) is 9.59 Å². The molecular formula is C20H26N4O4S2. The van der Waals surface area contributed by atoms with Crippen LogP contribution >= 0.6 is 11.8 Å². The zero-order valence-corrected chi connectivity index (χ0v) is 18.5. The van der Waals surface area contributed by atoms with Crippen LogP contribution in [0.1, 0.15) is 38.3 Å². The van der Waals surface area contributed by atoms with Crippen molar-refractivity contribution in [3.63, 3.8) is 0 Å². The molecule has 162 valence electrons. The van der Waals surface area contributed by atoms with Crippen LogP contribution in [0.5, 0.6) is 0 Å². The fourth-order valence-corrected chi connectivity index (χ4v) is 5.44. The van der Waals surface area contributed by atoms with E-state index >= 15 is 0 Å². The lowest BCUT2D eigenvalue weighted by Gasteiger charge is -2.25. The van der Waals surface area contributed by atoms with Crippen LogP contribution in [0.4, 0.5) is 5.69 Å². The molecular weight excluding hydrogens is 424 g/mol. The Labute approximate surface area is 180 Å². The van der Waals surface area contributed by atoms with Crippen LogP contribution in [0.25, 0.3) is 0 Å². The molecule has 1 amide bonds. The lowest BCUT2D eigenvalue weighted by molar-refractivity contribution is -0.113. The summed E-state index contributed by atoms with van der Waals surface area (Å²) in [7, 11) is -3.49. The second-order valence-electron chi connectivity index (χ2n) is 7.12. The molecule has 0 spiro atoms. The van der Waals surface area contributed by atoms with Gasteiger partial charge in [-0.2, -0.15) is 4.31 Å². The van der Waals surface area contributed by atoms with Crippen molar-refractivity contribution in [2.75, 3.05) is 24.2 Å². The summed E-state index contributed by atoms with van der Waals surface area (Å²) in [5.74, 6) is -0.193. The minimum atomic E-state index is -3.49. The molecule has 1 aromatic heterocycles. The molecule has 30 heavy (non-hydrogen) atoms. The number of hydrogen-bond acceptors (Lipinski definition) is 6. The Morgan fingerprint density at radius 3 is 2.57 bits per heavy atom. The summed E-state index contributed by atoms with van der Waals surface area (Å²) in [6.07, 6.45) is 4.40. The minimum absolute atomic E-state index is 0.0757. The monoisotopic (exact) mass is 450 g/mol. The molecule has 2 heterocycles. The van der Waals surface area contributed by atoms with Crippen LogP contribution in [-0.4, -0.2) is 47.4 Å². The van der Waals surface area contributed by atoms with E-state index < -0.39 is 10.0 Å². The molecule has 0 bridgehead atoms. The second-order valence-corrected chi connectivity index (χ2v) is 10.0. The van der Waals surface area contributed by atoms with Gasteiger partial charge in [-0.15, -0.1) is 0 Å². The van der Waals surface area contributed by atoms with Gasteiger partial charge in [0.2, 0.25) is 15.9 Å². The van der Waals surface area contributed by atoms with Crippen molar-refractivity contribution in [1.82, 2.24) is 14.3 Å². The number of aromatic nitrogens is 2. The fourth-order valence-electron chi connectivity index (χ4n) is 3.23. The lowest BCUT2D eigenvalue weighted by atomic mass is 10.2. The van der Waals surface area contributed by atoms with Gasteiger partial charge in [-0.1, -0.05) is 31.5 Å². The summed E-state index contributed by atoms with van der Waals surface area (Å²) < 4.78 is 26.9. The number of anilines is 1. The normalized spacial score (nSPS) is 15.1. The first-order valence-corrected chi connectivity index (χ1v) is 12.4. The van der Waals surface area contributed by atoms with Gasteiger partial charge in [0, 0.05) is 30.5 Å². The number of nitrogens with zero attached hydrogens (tertiary/aromatic N) is 2. The first-order valence-electron chi connectivity index (χ1n) is 10.0. The Balaban J connectivity index is 1.58. The summed E-state index contributed by atoms with van der Waals surface area (Å²) in [6.45, 7) is 3.10. The maximum atomic E-state index is 12.7. The summed E-state index contributed by atoms with van der Waals surface area (Å²) in [4.78, 5) is 31.1. The van der Waals surface area contributed by atoms with Gasteiger partial charge in [0.15, 0.2) is 5.16 Å². The molecule has 1 saturated heterocycles. The third kappa shape index (κ3) is 5.93. The summed E-state index contributed by atoms with van der Waals surface area (Å²) in [5.41, 5.74) is 0.982. The number of hydrogen-bond donors (Lipinski definition) is 2. The van der Waals surface area contributed by atoms with Gasteiger partial charge < -0.3 is 10.3 Å². The smallest absolute Gasteiger partial charge is 0.251 e. The summed E-state index contributed by atoms with van der Waals surface area (Å²) >= 11 is 1.15. The molecule has 8 nitrogen and oxygen atoms in total. The third-order valence-electron chi connectivity index (χ3n) is 4.71. The number of nitrogens with one attached hydrogen (secondary N) is 2. The average Bonchev–Trinajstić information content (AvgIpc) is 2.73. The minimum Gasteiger partial charge on any atom is -0.325 e. The SMILES string of the molecule is CCCc1cc(=O)[nH]c(SCC(=O)Nc2ccc(S(=O)(=O)N3CCCCC3)cc2)n1. The molecule has 0 radical (unpaired) electrons. The number of carbonyl (C=O) groups excluding carboxylic acids is 1. The molecule has 1 aliphatic rings. The fraction of sp³-hybridized carbons (Fsp3) is 0.450. The van der Waals surface area contributed by atoms with Gasteiger partial charge in [-0.05, 0) is 43.5 Å². The topological polar surface area (TPSA) is 112 Å². The van der Waals surface area contributed by atoms with Crippen LogP contribution < -0.4 is 10.9 Å². The van der Waals surface area contributed by atoms with E-state index in [1.54, 1.807) is 12.1 Å². The number of carbonyl (C=O) groups is 1. The Kier molecular flexibility index (Phi) is 7.68. The first kappa shape index (κ1) is 22.5. The molecule has 1 aliphatic heterocycles. The highest BCUT2D eigenvalue weighted by atomic mass is 32.2. The predicted molar refractivity (Wildman–Crippen MR) is 117 cm³/mol. The highest BCUT2D eigenvalue weighted by Gasteiger charge is 2.25. The van der Waals surface area contributed by atoms with Crippen molar-refractivity contribution in [3.05, 3.63) is 46.4 Å². The van der Waals surface area contributed by atoms with Gasteiger partial charge in [0.1, 0.15) is 0 Å². The number of benzene rings is 1. The average molecular weight is 451 g/mol. The molecule has 0 unspecified atom stereocenters. The van der Waals surface area contributed by atoms with Crippen LogP contribution in [0.2, 0.25) is 0 Å². The molecule has 2 aromatic rings. The maximum Gasteiger partial charge on any atom is 0.251 e. The summed E-state index contributed by atoms with van der Waals surface area (Å²) in [5, 5.41) is 3.14. The number of thioether (sulfide) groups is 1. The van der Waals surface area contributed by atoms with E-state index in [0.717, 1.165) is 37.4 Å². The van der Waals surface area contributed by atoms with E-state index in [2.05, 4.69) is 15.3 Å². The van der Waals surface area contributed by atoms with Gasteiger partial charge in [0.25, 0.3) is 5.56 Å². The highest BCUT2D eigenvalue weighted by molar-refractivity contribution is 7.99. The Bertz CT molecular complexity index is 1030. The molecule has 0 aliphatic carbocycles. The van der Waals surface area contributed by atoms with E-state index in [1.165, 1.54) is 22.5 Å². The number of rotatable bonds is 8. The predicted octanol–water partition coefficient (Wildman–Crippen LogP) is 2.63. The quantitative estimate of drug-likeness (QED) is 0.472. The Morgan fingerprint density at radius 1 is 1.20 bits per heavy atom. The van der Waals surface area contributed by atoms with Crippen molar-refractivity contribution in [3.8, 4) is 0 Å². The van der Waals surface area contributed by atoms with Gasteiger partial charge in [-0.25, -0.2) is 13.4 Å². The largest absolute Gasteiger partial charge is 0.325 e. The number of aromatic amines is 1. The molecule has 3 rings (SSSR count). The van der Waals surface area contributed by atoms with E-state index in [-0.39, 0.29) is 22.1 Å². The van der Waals surface area contributed by atoms with Gasteiger partial charge >= 0.3 is 0 Å². The van der Waals surface area contributed by atoms with Crippen LogP contribution in [0.15, 0.2) is 45.2 Å². The second kappa shape index (κ2) is 10.2. The van der Waals surface area contributed by atoms with E-state index in [0.29, 0.717) is 36.0 Å². The van der Waals surface area contributed by atoms with Crippen LogP contribution in [0, 0.1) is 0 Å².